The Bertz CT molecular complexity index is 555. The molecular formula is C15H12O2. The van der Waals surface area contributed by atoms with Crippen molar-refractivity contribution in [3.8, 4) is 11.5 Å². The lowest BCUT2D eigenvalue weighted by molar-refractivity contribution is 0.251. The Kier molecular flexibility index (Phi) is 2.33. The van der Waals surface area contributed by atoms with E-state index in [2.05, 4.69) is 6.08 Å². The summed E-state index contributed by atoms with van der Waals surface area (Å²) in [5.41, 5.74) is 2.14. The summed E-state index contributed by atoms with van der Waals surface area (Å²) < 4.78 is 5.89. The summed E-state index contributed by atoms with van der Waals surface area (Å²) in [4.78, 5) is 0. The molecule has 1 aliphatic heterocycles. The van der Waals surface area contributed by atoms with Crippen LogP contribution in [0.1, 0.15) is 17.2 Å². The van der Waals surface area contributed by atoms with Crippen LogP contribution in [-0.2, 0) is 0 Å². The minimum Gasteiger partial charge on any atom is -0.508 e. The topological polar surface area (TPSA) is 29.5 Å². The number of rotatable bonds is 1. The first-order chi connectivity index (χ1) is 8.33. The fourth-order valence-electron chi connectivity index (χ4n) is 1.94. The van der Waals surface area contributed by atoms with E-state index in [9.17, 15) is 5.11 Å². The quantitative estimate of drug-likeness (QED) is 0.802. The van der Waals surface area contributed by atoms with Crippen LogP contribution in [0.15, 0.2) is 54.6 Å². The molecule has 0 aromatic heterocycles. The van der Waals surface area contributed by atoms with Crippen LogP contribution in [0.4, 0.5) is 0 Å². The standard InChI is InChI=1S/C15H12O2/c16-13-8-5-12(6-9-13)15-10-7-11-3-1-2-4-14(11)17-15/h1-10,15-16H. The Morgan fingerprint density at radius 2 is 1.71 bits per heavy atom. The monoisotopic (exact) mass is 224 g/mol. The lowest BCUT2D eigenvalue weighted by atomic mass is 10.0. The second-order valence-electron chi connectivity index (χ2n) is 4.03. The first-order valence-corrected chi connectivity index (χ1v) is 5.56. The van der Waals surface area contributed by atoms with E-state index >= 15 is 0 Å². The number of hydrogen-bond donors (Lipinski definition) is 1. The van der Waals surface area contributed by atoms with Gasteiger partial charge in [-0.15, -0.1) is 0 Å². The molecule has 0 spiro atoms. The smallest absolute Gasteiger partial charge is 0.142 e. The van der Waals surface area contributed by atoms with Gasteiger partial charge in [0.1, 0.15) is 17.6 Å². The van der Waals surface area contributed by atoms with E-state index in [1.165, 1.54) is 0 Å². The van der Waals surface area contributed by atoms with Crippen molar-refractivity contribution in [3.63, 3.8) is 0 Å². The second kappa shape index (κ2) is 3.98. The Balaban J connectivity index is 1.92. The number of aromatic hydroxyl groups is 1. The van der Waals surface area contributed by atoms with Crippen LogP contribution in [0.5, 0.6) is 11.5 Å². The van der Waals surface area contributed by atoms with Gasteiger partial charge in [0.2, 0.25) is 0 Å². The van der Waals surface area contributed by atoms with Gasteiger partial charge in [-0.05, 0) is 29.8 Å². The molecule has 1 aliphatic rings. The highest BCUT2D eigenvalue weighted by molar-refractivity contribution is 5.60. The highest BCUT2D eigenvalue weighted by Gasteiger charge is 2.15. The lowest BCUT2D eigenvalue weighted by Crippen LogP contribution is -2.08. The highest BCUT2D eigenvalue weighted by atomic mass is 16.5. The van der Waals surface area contributed by atoms with E-state index in [0.717, 1.165) is 16.9 Å². The first kappa shape index (κ1) is 9.97. The third-order valence-electron chi connectivity index (χ3n) is 2.85. The number of phenols is 1. The fraction of sp³-hybridized carbons (Fsp3) is 0.0667. The molecule has 2 heteroatoms. The third kappa shape index (κ3) is 1.89. The molecule has 1 atom stereocenters. The average molecular weight is 224 g/mol. The van der Waals surface area contributed by atoms with Crippen LogP contribution in [0.25, 0.3) is 6.08 Å². The number of ether oxygens (including phenoxy) is 1. The van der Waals surface area contributed by atoms with Crippen molar-refractivity contribution in [2.75, 3.05) is 0 Å². The molecular weight excluding hydrogens is 212 g/mol. The molecule has 1 unspecified atom stereocenters. The molecule has 0 bridgehead atoms. The van der Waals surface area contributed by atoms with Gasteiger partial charge in [-0.2, -0.15) is 0 Å². The van der Waals surface area contributed by atoms with Crippen LogP contribution in [0.2, 0.25) is 0 Å². The Labute approximate surface area is 99.8 Å². The van der Waals surface area contributed by atoms with Crippen molar-refractivity contribution in [1.82, 2.24) is 0 Å². The molecule has 0 radical (unpaired) electrons. The van der Waals surface area contributed by atoms with Gasteiger partial charge in [-0.3, -0.25) is 0 Å². The number of para-hydroxylation sites is 1. The SMILES string of the molecule is Oc1ccc(C2C=Cc3ccccc3O2)cc1. The van der Waals surface area contributed by atoms with Crippen LogP contribution < -0.4 is 4.74 Å². The van der Waals surface area contributed by atoms with Crippen LogP contribution in [-0.4, -0.2) is 5.11 Å². The molecule has 3 rings (SSSR count). The van der Waals surface area contributed by atoms with Gasteiger partial charge in [0.15, 0.2) is 0 Å². The van der Waals surface area contributed by atoms with Crippen LogP contribution in [0, 0.1) is 0 Å². The molecule has 2 nitrogen and oxygen atoms in total. The normalized spacial score (nSPS) is 17.3. The summed E-state index contributed by atoms with van der Waals surface area (Å²) >= 11 is 0. The van der Waals surface area contributed by atoms with E-state index in [-0.39, 0.29) is 11.9 Å². The summed E-state index contributed by atoms with van der Waals surface area (Å²) in [6.07, 6.45) is 4.01. The zero-order valence-corrected chi connectivity index (χ0v) is 9.21. The van der Waals surface area contributed by atoms with Gasteiger partial charge in [0, 0.05) is 5.56 Å². The van der Waals surface area contributed by atoms with Gasteiger partial charge in [-0.25, -0.2) is 0 Å². The summed E-state index contributed by atoms with van der Waals surface area (Å²) in [5, 5.41) is 9.25. The van der Waals surface area contributed by atoms with Crippen molar-refractivity contribution in [2.45, 2.75) is 6.10 Å². The predicted molar refractivity (Wildman–Crippen MR) is 67.0 cm³/mol. The molecule has 0 saturated carbocycles. The maximum Gasteiger partial charge on any atom is 0.142 e. The summed E-state index contributed by atoms with van der Waals surface area (Å²) in [6, 6.07) is 15.0. The third-order valence-corrected chi connectivity index (χ3v) is 2.85. The largest absolute Gasteiger partial charge is 0.508 e. The van der Waals surface area contributed by atoms with E-state index in [0.29, 0.717) is 0 Å². The molecule has 1 N–H and O–H groups in total. The molecule has 2 aromatic carbocycles. The van der Waals surface area contributed by atoms with Gasteiger partial charge in [0.05, 0.1) is 0 Å². The van der Waals surface area contributed by atoms with Crippen molar-refractivity contribution in [1.29, 1.82) is 0 Å². The van der Waals surface area contributed by atoms with Crippen molar-refractivity contribution in [2.24, 2.45) is 0 Å². The van der Waals surface area contributed by atoms with E-state index in [4.69, 9.17) is 4.74 Å². The van der Waals surface area contributed by atoms with Crippen molar-refractivity contribution < 1.29 is 9.84 Å². The van der Waals surface area contributed by atoms with Crippen molar-refractivity contribution in [3.05, 3.63) is 65.7 Å². The van der Waals surface area contributed by atoms with Crippen LogP contribution in [0.3, 0.4) is 0 Å². The number of fused-ring (bicyclic) bond motifs is 1. The molecule has 17 heavy (non-hydrogen) atoms. The first-order valence-electron chi connectivity index (χ1n) is 5.56. The van der Waals surface area contributed by atoms with Crippen molar-refractivity contribution >= 4 is 6.08 Å². The fourth-order valence-corrected chi connectivity index (χ4v) is 1.94. The summed E-state index contributed by atoms with van der Waals surface area (Å²) in [7, 11) is 0. The van der Waals surface area contributed by atoms with Gasteiger partial charge >= 0.3 is 0 Å². The van der Waals surface area contributed by atoms with Gasteiger partial charge < -0.3 is 9.84 Å². The van der Waals surface area contributed by atoms with E-state index in [1.54, 1.807) is 12.1 Å². The second-order valence-corrected chi connectivity index (χ2v) is 4.03. The Morgan fingerprint density at radius 3 is 2.53 bits per heavy atom. The minimum absolute atomic E-state index is 0.0782. The predicted octanol–water partition coefficient (Wildman–Crippen LogP) is 3.54. The molecule has 84 valence electrons. The number of benzene rings is 2. The van der Waals surface area contributed by atoms with E-state index in [1.807, 2.05) is 42.5 Å². The molecule has 0 amide bonds. The van der Waals surface area contributed by atoms with E-state index < -0.39 is 0 Å². The molecule has 0 aliphatic carbocycles. The minimum atomic E-state index is -0.0782. The Morgan fingerprint density at radius 1 is 0.941 bits per heavy atom. The van der Waals surface area contributed by atoms with Gasteiger partial charge in [0.25, 0.3) is 0 Å². The molecule has 2 aromatic rings. The molecule has 1 heterocycles. The summed E-state index contributed by atoms with van der Waals surface area (Å²) in [5.74, 6) is 1.17. The van der Waals surface area contributed by atoms with Crippen LogP contribution >= 0.6 is 0 Å². The van der Waals surface area contributed by atoms with Gasteiger partial charge in [-0.1, -0.05) is 36.4 Å². The molecule has 0 saturated heterocycles. The molecule has 0 fully saturated rings. The zero-order chi connectivity index (χ0) is 11.7. The Hall–Kier alpha value is -2.22. The maximum absolute atomic E-state index is 9.25. The zero-order valence-electron chi connectivity index (χ0n) is 9.21. The average Bonchev–Trinajstić information content (AvgIpc) is 2.39. The maximum atomic E-state index is 9.25. The highest BCUT2D eigenvalue weighted by Crippen LogP contribution is 2.32. The number of phenolic OH excluding ortho intramolecular Hbond substituents is 1. The summed E-state index contributed by atoms with van der Waals surface area (Å²) in [6.45, 7) is 0. The number of hydrogen-bond acceptors (Lipinski definition) is 2. The lowest BCUT2D eigenvalue weighted by Gasteiger charge is -2.21.